The van der Waals surface area contributed by atoms with E-state index in [0.717, 1.165) is 41.7 Å². The molecule has 2 aromatic carbocycles. The van der Waals surface area contributed by atoms with E-state index in [0.29, 0.717) is 18.9 Å². The fourth-order valence-electron chi connectivity index (χ4n) is 3.98. The summed E-state index contributed by atoms with van der Waals surface area (Å²) in [6.07, 6.45) is -2.75. The van der Waals surface area contributed by atoms with Crippen molar-refractivity contribution >= 4 is 5.84 Å². The van der Waals surface area contributed by atoms with Crippen LogP contribution in [0.25, 0.3) is 0 Å². The van der Waals surface area contributed by atoms with Crippen LogP contribution >= 0.6 is 0 Å². The van der Waals surface area contributed by atoms with Crippen molar-refractivity contribution in [1.29, 1.82) is 5.41 Å². The summed E-state index contributed by atoms with van der Waals surface area (Å²) in [5.41, 5.74) is 0.824. The van der Waals surface area contributed by atoms with Gasteiger partial charge in [-0.3, -0.25) is 5.41 Å². The number of benzene rings is 2. The Morgan fingerprint density at radius 3 is 2.28 bits per heavy atom. The van der Waals surface area contributed by atoms with Crippen molar-refractivity contribution in [1.82, 2.24) is 4.90 Å². The molecule has 2 aliphatic heterocycles. The molecule has 0 unspecified atom stereocenters. The van der Waals surface area contributed by atoms with E-state index in [2.05, 4.69) is 0 Å². The number of hydrogen-bond acceptors (Lipinski definition) is 3. The zero-order valence-corrected chi connectivity index (χ0v) is 15.9. The smallest absolute Gasteiger partial charge is 0.380 e. The summed E-state index contributed by atoms with van der Waals surface area (Å²) in [5.74, 6) is 0.599. The van der Waals surface area contributed by atoms with Gasteiger partial charge in [-0.25, -0.2) is 0 Å². The summed E-state index contributed by atoms with van der Waals surface area (Å²) in [4.78, 5) is 1.99. The number of ether oxygens (including phenoxy) is 1. The Morgan fingerprint density at radius 1 is 1.07 bits per heavy atom. The molecule has 0 spiro atoms. The predicted molar refractivity (Wildman–Crippen MR) is 103 cm³/mol. The fraction of sp³-hybridized carbons (Fsp3) is 0.409. The van der Waals surface area contributed by atoms with Crippen LogP contribution in [0.15, 0.2) is 48.5 Å². The van der Waals surface area contributed by atoms with Gasteiger partial charge < -0.3 is 14.7 Å². The molecule has 2 fully saturated rings. The van der Waals surface area contributed by atoms with Gasteiger partial charge in [0.15, 0.2) is 0 Å². The average Bonchev–Trinajstić information content (AvgIpc) is 2.71. The molecule has 2 N–H and O–H groups in total. The first-order chi connectivity index (χ1) is 13.8. The lowest BCUT2D eigenvalue weighted by atomic mass is 9.88. The summed E-state index contributed by atoms with van der Waals surface area (Å²) < 4.78 is 43.3. The van der Waals surface area contributed by atoms with E-state index >= 15 is 0 Å². The summed E-state index contributed by atoms with van der Waals surface area (Å²) in [5, 5.41) is 19.0. The van der Waals surface area contributed by atoms with Gasteiger partial charge >= 0.3 is 6.18 Å². The molecule has 0 amide bonds. The molecule has 2 aliphatic rings. The third kappa shape index (κ3) is 4.02. The van der Waals surface area contributed by atoms with E-state index in [1.807, 2.05) is 29.2 Å². The number of halogens is 3. The van der Waals surface area contributed by atoms with Crippen LogP contribution in [-0.2, 0) is 16.5 Å². The first kappa shape index (κ1) is 19.9. The quantitative estimate of drug-likeness (QED) is 0.598. The van der Waals surface area contributed by atoms with Gasteiger partial charge in [-0.2, -0.15) is 13.2 Å². The lowest BCUT2D eigenvalue weighted by Crippen LogP contribution is -2.46. The zero-order chi connectivity index (χ0) is 20.6. The third-order valence-corrected chi connectivity index (χ3v) is 5.88. The van der Waals surface area contributed by atoms with Crippen molar-refractivity contribution in [3.05, 3.63) is 70.8 Å². The van der Waals surface area contributed by atoms with Crippen molar-refractivity contribution in [2.24, 2.45) is 0 Å². The molecule has 0 atom stereocenters. The van der Waals surface area contributed by atoms with Crippen molar-refractivity contribution in [2.45, 2.75) is 30.5 Å². The number of piperidine rings is 1. The average molecular weight is 404 g/mol. The van der Waals surface area contributed by atoms with Crippen LogP contribution in [0.3, 0.4) is 0 Å². The molecule has 7 heteroatoms. The molecule has 2 heterocycles. The number of amidine groups is 1. The SMILES string of the molecule is N=C(c1cccc(C2(O)COC2)c1)N1CCC(c2ccc(C(F)(F)F)cc2)CC1. The monoisotopic (exact) mass is 404 g/mol. The molecular weight excluding hydrogens is 381 g/mol. The van der Waals surface area contributed by atoms with E-state index in [9.17, 15) is 18.3 Å². The fourth-order valence-corrected chi connectivity index (χ4v) is 3.98. The topological polar surface area (TPSA) is 56.6 Å². The number of alkyl halides is 3. The van der Waals surface area contributed by atoms with Gasteiger partial charge in [0, 0.05) is 18.7 Å². The maximum Gasteiger partial charge on any atom is 0.416 e. The second kappa shape index (κ2) is 7.46. The number of rotatable bonds is 3. The van der Waals surface area contributed by atoms with Gasteiger partial charge in [0.05, 0.1) is 18.8 Å². The maximum atomic E-state index is 12.7. The third-order valence-electron chi connectivity index (χ3n) is 5.88. The number of likely N-dealkylation sites (tertiary alicyclic amines) is 1. The second-order valence-corrected chi connectivity index (χ2v) is 7.83. The number of nitrogens with one attached hydrogen (secondary N) is 1. The van der Waals surface area contributed by atoms with Gasteiger partial charge in [-0.15, -0.1) is 0 Å². The predicted octanol–water partition coefficient (Wildman–Crippen LogP) is 4.13. The van der Waals surface area contributed by atoms with Crippen molar-refractivity contribution < 1.29 is 23.0 Å². The Balaban J connectivity index is 1.39. The van der Waals surface area contributed by atoms with E-state index in [1.165, 1.54) is 0 Å². The number of aliphatic hydroxyl groups is 1. The molecule has 0 radical (unpaired) electrons. The maximum absolute atomic E-state index is 12.7. The van der Waals surface area contributed by atoms with Gasteiger partial charge in [-0.05, 0) is 48.1 Å². The van der Waals surface area contributed by atoms with Crippen LogP contribution in [0, 0.1) is 5.41 Å². The standard InChI is InChI=1S/C22H23F3N2O2/c23-22(24,25)18-6-4-15(5-7-18)16-8-10-27(11-9-16)20(26)17-2-1-3-19(12-17)21(28)13-29-14-21/h1-7,12,16,26,28H,8-11,13-14H2. The van der Waals surface area contributed by atoms with E-state index in [-0.39, 0.29) is 19.1 Å². The van der Waals surface area contributed by atoms with Gasteiger partial charge in [0.2, 0.25) is 0 Å². The van der Waals surface area contributed by atoms with E-state index in [4.69, 9.17) is 10.1 Å². The molecule has 0 aromatic heterocycles. The highest BCUT2D eigenvalue weighted by Gasteiger charge is 2.38. The zero-order valence-electron chi connectivity index (χ0n) is 15.9. The Labute approximate surface area is 167 Å². The number of hydrogen-bond donors (Lipinski definition) is 2. The normalized spacial score (nSPS) is 19.7. The molecule has 0 bridgehead atoms. The Morgan fingerprint density at radius 2 is 1.72 bits per heavy atom. The highest BCUT2D eigenvalue weighted by Crippen LogP contribution is 2.34. The Bertz CT molecular complexity index is 884. The summed E-state index contributed by atoms with van der Waals surface area (Å²) in [6.45, 7) is 1.87. The van der Waals surface area contributed by atoms with Crippen LogP contribution in [0.2, 0.25) is 0 Å². The van der Waals surface area contributed by atoms with Gasteiger partial charge in [0.1, 0.15) is 11.4 Å². The molecule has 2 aromatic rings. The summed E-state index contributed by atoms with van der Waals surface area (Å²) in [6, 6.07) is 12.8. The van der Waals surface area contributed by atoms with Crippen LogP contribution in [0.5, 0.6) is 0 Å². The Kier molecular flexibility index (Phi) is 5.12. The Hall–Kier alpha value is -2.38. The number of nitrogens with zero attached hydrogens (tertiary/aromatic N) is 1. The van der Waals surface area contributed by atoms with E-state index in [1.54, 1.807) is 12.1 Å². The first-order valence-electron chi connectivity index (χ1n) is 9.68. The van der Waals surface area contributed by atoms with Crippen molar-refractivity contribution in [2.75, 3.05) is 26.3 Å². The van der Waals surface area contributed by atoms with Crippen LogP contribution < -0.4 is 0 Å². The molecule has 4 rings (SSSR count). The second-order valence-electron chi connectivity index (χ2n) is 7.83. The van der Waals surface area contributed by atoms with E-state index < -0.39 is 17.3 Å². The highest BCUT2D eigenvalue weighted by molar-refractivity contribution is 5.96. The lowest BCUT2D eigenvalue weighted by molar-refractivity contribution is -0.184. The minimum Gasteiger partial charge on any atom is -0.380 e. The summed E-state index contributed by atoms with van der Waals surface area (Å²) >= 11 is 0. The van der Waals surface area contributed by atoms with Gasteiger partial charge in [-0.1, -0.05) is 30.3 Å². The molecule has 154 valence electrons. The largest absolute Gasteiger partial charge is 0.416 e. The minimum absolute atomic E-state index is 0.195. The molecule has 29 heavy (non-hydrogen) atoms. The van der Waals surface area contributed by atoms with Gasteiger partial charge in [0.25, 0.3) is 0 Å². The summed E-state index contributed by atoms with van der Waals surface area (Å²) in [7, 11) is 0. The van der Waals surface area contributed by atoms with Crippen LogP contribution in [0.4, 0.5) is 13.2 Å². The first-order valence-corrected chi connectivity index (χ1v) is 9.68. The molecule has 0 saturated carbocycles. The lowest BCUT2D eigenvalue weighted by Gasteiger charge is -2.37. The van der Waals surface area contributed by atoms with Crippen LogP contribution in [0.1, 0.15) is 41.0 Å². The molecule has 0 aliphatic carbocycles. The highest BCUT2D eigenvalue weighted by atomic mass is 19.4. The molecule has 4 nitrogen and oxygen atoms in total. The molecule has 2 saturated heterocycles. The van der Waals surface area contributed by atoms with Crippen molar-refractivity contribution in [3.63, 3.8) is 0 Å². The van der Waals surface area contributed by atoms with Crippen LogP contribution in [-0.4, -0.2) is 42.1 Å². The molecular formula is C22H23F3N2O2. The van der Waals surface area contributed by atoms with Crippen molar-refractivity contribution in [3.8, 4) is 0 Å². The minimum atomic E-state index is -4.32.